The lowest BCUT2D eigenvalue weighted by Gasteiger charge is -2.22. The molecule has 0 bridgehead atoms. The minimum absolute atomic E-state index is 0.110. The predicted octanol–water partition coefficient (Wildman–Crippen LogP) is 3.01. The minimum atomic E-state index is -0.810. The van der Waals surface area contributed by atoms with E-state index in [1.165, 1.54) is 12.1 Å². The fourth-order valence-electron chi connectivity index (χ4n) is 2.21. The molecule has 1 aliphatic rings. The first-order chi connectivity index (χ1) is 8.98. The number of anilines is 1. The number of hydrogen-bond acceptors (Lipinski definition) is 2. The van der Waals surface area contributed by atoms with Gasteiger partial charge in [-0.3, -0.25) is 0 Å². The Hall–Kier alpha value is -1.14. The van der Waals surface area contributed by atoms with Crippen LogP contribution in [-0.2, 0) is 0 Å². The van der Waals surface area contributed by atoms with E-state index >= 15 is 0 Å². The molecule has 6 heteroatoms. The first-order valence-electron chi connectivity index (χ1n) is 6.21. The molecule has 1 fully saturated rings. The second kappa shape index (κ2) is 5.88. The molecule has 0 atom stereocenters. The first kappa shape index (κ1) is 14.3. The summed E-state index contributed by atoms with van der Waals surface area (Å²) in [5.74, 6) is -0.510. The zero-order chi connectivity index (χ0) is 13.9. The number of nitrogens with one attached hydrogen (secondary N) is 2. The van der Waals surface area contributed by atoms with Crippen molar-refractivity contribution in [3.8, 4) is 0 Å². The molecule has 1 saturated carbocycles. The highest BCUT2D eigenvalue weighted by Crippen LogP contribution is 2.28. The third kappa shape index (κ3) is 3.91. The van der Waals surface area contributed by atoms with Gasteiger partial charge in [-0.05, 0) is 31.0 Å². The second-order valence-corrected chi connectivity index (χ2v) is 5.78. The van der Waals surface area contributed by atoms with Crippen LogP contribution in [0.25, 0.3) is 0 Å². The lowest BCUT2D eigenvalue weighted by atomic mass is 10.0. The number of urea groups is 1. The van der Waals surface area contributed by atoms with Gasteiger partial charge in [0.25, 0.3) is 0 Å². The molecule has 0 spiro atoms. The summed E-state index contributed by atoms with van der Waals surface area (Å²) in [4.78, 5) is 11.6. The molecular formula is C13H16BrFN2O2. The van der Waals surface area contributed by atoms with Gasteiger partial charge >= 0.3 is 6.03 Å². The Balaban J connectivity index is 1.87. The Morgan fingerprint density at radius 1 is 1.42 bits per heavy atom. The lowest BCUT2D eigenvalue weighted by Crippen LogP contribution is -2.42. The van der Waals surface area contributed by atoms with Gasteiger partial charge in [0.05, 0.1) is 11.3 Å². The van der Waals surface area contributed by atoms with Gasteiger partial charge in [-0.2, -0.15) is 0 Å². The van der Waals surface area contributed by atoms with Gasteiger partial charge in [0.2, 0.25) is 0 Å². The summed E-state index contributed by atoms with van der Waals surface area (Å²) < 4.78 is 14.1. The molecule has 3 N–H and O–H groups in total. The van der Waals surface area contributed by atoms with Crippen molar-refractivity contribution in [2.45, 2.75) is 31.3 Å². The Kier molecular flexibility index (Phi) is 4.42. The number of carbonyl (C=O) groups excluding carboxylic acids is 1. The van der Waals surface area contributed by atoms with Crippen molar-refractivity contribution in [1.29, 1.82) is 0 Å². The van der Waals surface area contributed by atoms with Crippen molar-refractivity contribution in [2.75, 3.05) is 11.9 Å². The molecule has 19 heavy (non-hydrogen) atoms. The molecule has 104 valence electrons. The van der Waals surface area contributed by atoms with Gasteiger partial charge in [-0.15, -0.1) is 0 Å². The first-order valence-corrected chi connectivity index (χ1v) is 7.00. The van der Waals surface area contributed by atoms with Gasteiger partial charge < -0.3 is 15.7 Å². The summed E-state index contributed by atoms with van der Waals surface area (Å²) in [6, 6.07) is 3.88. The normalized spacial score (nSPS) is 17.2. The molecule has 0 unspecified atom stereocenters. The molecule has 0 radical (unpaired) electrons. The largest absolute Gasteiger partial charge is 0.388 e. The van der Waals surface area contributed by atoms with Crippen LogP contribution in [0.2, 0.25) is 0 Å². The van der Waals surface area contributed by atoms with Crippen molar-refractivity contribution < 1.29 is 14.3 Å². The van der Waals surface area contributed by atoms with E-state index in [9.17, 15) is 14.3 Å². The van der Waals surface area contributed by atoms with E-state index in [0.29, 0.717) is 17.3 Å². The highest BCUT2D eigenvalue weighted by molar-refractivity contribution is 9.10. The fraction of sp³-hybridized carbons (Fsp3) is 0.462. The van der Waals surface area contributed by atoms with E-state index in [2.05, 4.69) is 26.6 Å². The Bertz CT molecular complexity index is 476. The van der Waals surface area contributed by atoms with Gasteiger partial charge in [-0.1, -0.05) is 28.8 Å². The third-order valence-electron chi connectivity index (χ3n) is 3.29. The van der Waals surface area contributed by atoms with E-state index in [0.717, 1.165) is 12.8 Å². The van der Waals surface area contributed by atoms with Crippen LogP contribution >= 0.6 is 15.9 Å². The van der Waals surface area contributed by atoms with E-state index < -0.39 is 17.4 Å². The van der Waals surface area contributed by atoms with Crippen LogP contribution in [0.1, 0.15) is 25.7 Å². The maximum Gasteiger partial charge on any atom is 0.319 e. The number of benzene rings is 1. The van der Waals surface area contributed by atoms with Crippen molar-refractivity contribution >= 4 is 27.6 Å². The Morgan fingerprint density at radius 3 is 2.74 bits per heavy atom. The average molecular weight is 331 g/mol. The molecule has 1 aromatic rings. The molecule has 1 aromatic carbocycles. The highest BCUT2D eigenvalue weighted by Gasteiger charge is 2.31. The molecule has 0 aliphatic heterocycles. The molecular weight excluding hydrogens is 315 g/mol. The fourth-order valence-corrected chi connectivity index (χ4v) is 2.55. The number of amides is 2. The van der Waals surface area contributed by atoms with Gasteiger partial charge in [0.1, 0.15) is 5.82 Å². The maximum atomic E-state index is 13.5. The number of carbonyl (C=O) groups is 1. The van der Waals surface area contributed by atoms with Crippen molar-refractivity contribution in [2.24, 2.45) is 0 Å². The van der Waals surface area contributed by atoms with Gasteiger partial charge in [0, 0.05) is 11.0 Å². The standard InChI is InChI=1S/C13H16BrFN2O2/c14-9-3-4-11(10(15)7-9)17-12(18)16-8-13(19)5-1-2-6-13/h3-4,7,19H,1-2,5-6,8H2,(H2,16,17,18). The highest BCUT2D eigenvalue weighted by atomic mass is 79.9. The average Bonchev–Trinajstić information content (AvgIpc) is 2.78. The number of rotatable bonds is 3. The van der Waals surface area contributed by atoms with E-state index in [-0.39, 0.29) is 12.2 Å². The van der Waals surface area contributed by atoms with Gasteiger partial charge in [0.15, 0.2) is 0 Å². The van der Waals surface area contributed by atoms with Crippen LogP contribution in [0.15, 0.2) is 22.7 Å². The topological polar surface area (TPSA) is 61.4 Å². The van der Waals surface area contributed by atoms with Crippen LogP contribution in [0.4, 0.5) is 14.9 Å². The number of halogens is 2. The number of hydrogen-bond donors (Lipinski definition) is 3. The van der Waals surface area contributed by atoms with Gasteiger partial charge in [-0.25, -0.2) is 9.18 Å². The number of aliphatic hydroxyl groups is 1. The quantitative estimate of drug-likeness (QED) is 0.797. The Morgan fingerprint density at radius 2 is 2.11 bits per heavy atom. The summed E-state index contributed by atoms with van der Waals surface area (Å²) in [7, 11) is 0. The molecule has 0 heterocycles. The van der Waals surface area contributed by atoms with Crippen LogP contribution in [0, 0.1) is 5.82 Å². The third-order valence-corrected chi connectivity index (χ3v) is 3.78. The van der Waals surface area contributed by atoms with Crippen molar-refractivity contribution in [3.05, 3.63) is 28.5 Å². The SMILES string of the molecule is O=C(NCC1(O)CCCC1)Nc1ccc(Br)cc1F. The molecule has 1 aliphatic carbocycles. The second-order valence-electron chi connectivity index (χ2n) is 4.86. The van der Waals surface area contributed by atoms with E-state index in [1.54, 1.807) is 6.07 Å². The summed E-state index contributed by atoms with van der Waals surface area (Å²) in [5, 5.41) is 15.1. The van der Waals surface area contributed by atoms with Crippen LogP contribution in [0.3, 0.4) is 0 Å². The zero-order valence-corrected chi connectivity index (χ0v) is 12.0. The minimum Gasteiger partial charge on any atom is -0.388 e. The van der Waals surface area contributed by atoms with Crippen LogP contribution in [-0.4, -0.2) is 23.3 Å². The predicted molar refractivity (Wildman–Crippen MR) is 74.5 cm³/mol. The maximum absolute atomic E-state index is 13.5. The smallest absolute Gasteiger partial charge is 0.319 e. The molecule has 4 nitrogen and oxygen atoms in total. The van der Waals surface area contributed by atoms with Crippen molar-refractivity contribution in [1.82, 2.24) is 5.32 Å². The summed E-state index contributed by atoms with van der Waals surface area (Å²) in [5.41, 5.74) is -0.700. The van der Waals surface area contributed by atoms with Crippen molar-refractivity contribution in [3.63, 3.8) is 0 Å². The van der Waals surface area contributed by atoms with Crippen LogP contribution < -0.4 is 10.6 Å². The Labute approximate surface area is 119 Å². The monoisotopic (exact) mass is 330 g/mol. The molecule has 0 saturated heterocycles. The van der Waals surface area contributed by atoms with E-state index in [4.69, 9.17) is 0 Å². The molecule has 2 amide bonds. The van der Waals surface area contributed by atoms with Crippen LogP contribution in [0.5, 0.6) is 0 Å². The molecule has 0 aromatic heterocycles. The van der Waals surface area contributed by atoms with E-state index in [1.807, 2.05) is 0 Å². The summed E-state index contributed by atoms with van der Waals surface area (Å²) in [6.07, 6.45) is 3.34. The lowest BCUT2D eigenvalue weighted by molar-refractivity contribution is 0.0506. The zero-order valence-electron chi connectivity index (χ0n) is 10.4. The summed E-state index contributed by atoms with van der Waals surface area (Å²) >= 11 is 3.14. The summed E-state index contributed by atoms with van der Waals surface area (Å²) in [6.45, 7) is 0.191. The molecule has 2 rings (SSSR count).